The monoisotopic (exact) mass is 509 g/mol. The van der Waals surface area contributed by atoms with E-state index in [9.17, 15) is 14.7 Å². The Labute approximate surface area is 211 Å². The lowest BCUT2D eigenvalue weighted by Crippen LogP contribution is -2.34. The summed E-state index contributed by atoms with van der Waals surface area (Å²) in [7, 11) is 0. The highest BCUT2D eigenvalue weighted by Crippen LogP contribution is 2.41. The van der Waals surface area contributed by atoms with Crippen molar-refractivity contribution in [2.45, 2.75) is 37.8 Å². The third-order valence-electron chi connectivity index (χ3n) is 5.82. The molecule has 3 aromatic rings. The Hall–Kier alpha value is -3.91. The lowest BCUT2D eigenvalue weighted by molar-refractivity contribution is -0.310. The number of carboxylic acid groups (broad SMARTS) is 1. The van der Waals surface area contributed by atoms with Crippen LogP contribution in [-0.4, -0.2) is 75.9 Å². The summed E-state index contributed by atoms with van der Waals surface area (Å²) in [5.41, 5.74) is 1.76. The summed E-state index contributed by atoms with van der Waals surface area (Å²) in [4.78, 5) is 35.7. The molecule has 2 saturated heterocycles. The van der Waals surface area contributed by atoms with E-state index in [1.807, 2.05) is 36.4 Å². The van der Waals surface area contributed by atoms with Gasteiger partial charge >= 0.3 is 6.03 Å². The molecule has 0 bridgehead atoms. The number of anilines is 1. The number of amides is 2. The molecule has 5 rings (SSSR count). The van der Waals surface area contributed by atoms with Crippen LogP contribution in [0.15, 0.2) is 49.1 Å². The summed E-state index contributed by atoms with van der Waals surface area (Å²) >= 11 is 0. The number of nitrogens with one attached hydrogen (secondary N) is 2. The van der Waals surface area contributed by atoms with Crippen molar-refractivity contribution in [1.29, 1.82) is 0 Å². The average molecular weight is 509 g/mol. The fraction of sp³-hybridized carbons (Fsp3) is 0.375. The minimum Gasteiger partial charge on any atom is -0.548 e. The zero-order valence-electron chi connectivity index (χ0n) is 19.9. The molecule has 4 heterocycles. The van der Waals surface area contributed by atoms with Crippen molar-refractivity contribution < 1.29 is 33.6 Å². The van der Waals surface area contributed by atoms with Gasteiger partial charge in [0, 0.05) is 6.54 Å². The molecule has 13 heteroatoms. The number of aromatic nitrogens is 4. The number of hydrogen-bond donors (Lipinski definition) is 2. The first-order valence-corrected chi connectivity index (χ1v) is 11.7. The average Bonchev–Trinajstić information content (AvgIpc) is 3.58. The summed E-state index contributed by atoms with van der Waals surface area (Å²) < 4.78 is 25.4. The number of rotatable bonds is 9. The Kier molecular flexibility index (Phi) is 7.37. The predicted octanol–water partition coefficient (Wildman–Crippen LogP) is 0.455. The second kappa shape index (κ2) is 11.0. The van der Waals surface area contributed by atoms with Crippen LogP contribution in [0.1, 0.15) is 18.7 Å². The van der Waals surface area contributed by atoms with Crippen molar-refractivity contribution in [2.24, 2.45) is 0 Å². The van der Waals surface area contributed by atoms with E-state index in [0.29, 0.717) is 17.7 Å². The zero-order valence-corrected chi connectivity index (χ0v) is 19.9. The lowest BCUT2D eigenvalue weighted by Gasteiger charge is -2.20. The van der Waals surface area contributed by atoms with Crippen LogP contribution in [0.5, 0.6) is 0 Å². The molecule has 37 heavy (non-hydrogen) atoms. The Bertz CT molecular complexity index is 1280. The van der Waals surface area contributed by atoms with E-state index in [2.05, 4.69) is 25.6 Å². The normalized spacial score (nSPS) is 24.9. The highest BCUT2D eigenvalue weighted by Gasteiger charge is 2.53. The molecule has 2 aromatic heterocycles. The summed E-state index contributed by atoms with van der Waals surface area (Å²) in [6.07, 6.45) is 3.39. The van der Waals surface area contributed by atoms with E-state index >= 15 is 0 Å². The topological polar surface area (TPSA) is 162 Å². The Morgan fingerprint density at radius 1 is 1.14 bits per heavy atom. The van der Waals surface area contributed by atoms with Gasteiger partial charge in [-0.25, -0.2) is 19.7 Å². The number of carbonyl (C=O) groups excluding carboxylic acids is 2. The molecule has 13 nitrogen and oxygen atoms in total. The van der Waals surface area contributed by atoms with Crippen LogP contribution in [0.25, 0.3) is 17.2 Å². The molecule has 2 aliphatic heterocycles. The number of ether oxygens (including phenoxy) is 4. The van der Waals surface area contributed by atoms with Crippen LogP contribution in [0.2, 0.25) is 0 Å². The van der Waals surface area contributed by atoms with Gasteiger partial charge in [-0.3, -0.25) is 9.88 Å². The first-order chi connectivity index (χ1) is 18.0. The summed E-state index contributed by atoms with van der Waals surface area (Å²) in [5.74, 6) is -1.09. The van der Waals surface area contributed by atoms with Gasteiger partial charge in [0.2, 0.25) is 0 Å². The third-order valence-corrected chi connectivity index (χ3v) is 5.82. The number of benzene rings is 1. The Morgan fingerprint density at radius 2 is 1.95 bits per heavy atom. The fourth-order valence-corrected chi connectivity index (χ4v) is 4.26. The van der Waals surface area contributed by atoms with E-state index < -0.39 is 49.4 Å². The van der Waals surface area contributed by atoms with Gasteiger partial charge in [0.15, 0.2) is 29.5 Å². The molecule has 194 valence electrons. The predicted molar refractivity (Wildman–Crippen MR) is 127 cm³/mol. The molecule has 0 radical (unpaired) electrons. The molecular weight excluding hydrogens is 484 g/mol. The van der Waals surface area contributed by atoms with E-state index in [0.717, 1.165) is 5.56 Å². The third kappa shape index (κ3) is 5.44. The first-order valence-electron chi connectivity index (χ1n) is 11.7. The maximum Gasteiger partial charge on any atom is 0.320 e. The molecule has 2 amide bonds. The van der Waals surface area contributed by atoms with Crippen LogP contribution in [-0.2, 0) is 23.7 Å². The van der Waals surface area contributed by atoms with Gasteiger partial charge in [-0.2, -0.15) is 0 Å². The Balaban J connectivity index is 1.39. The maximum atomic E-state index is 12.0. The molecule has 0 aliphatic carbocycles. The quantitative estimate of drug-likeness (QED) is 0.414. The highest BCUT2D eigenvalue weighted by molar-refractivity contribution is 5.95. The second-order valence-electron chi connectivity index (χ2n) is 8.32. The van der Waals surface area contributed by atoms with Crippen LogP contribution in [0, 0.1) is 0 Å². The van der Waals surface area contributed by atoms with Gasteiger partial charge in [0.05, 0.1) is 25.5 Å². The number of aliphatic carboxylic acids is 1. The van der Waals surface area contributed by atoms with Gasteiger partial charge in [0.1, 0.15) is 24.6 Å². The minimum absolute atomic E-state index is 0.0459. The summed E-state index contributed by atoms with van der Waals surface area (Å²) in [6.45, 7) is 1.63. The van der Waals surface area contributed by atoms with Crippen LogP contribution in [0.4, 0.5) is 10.6 Å². The van der Waals surface area contributed by atoms with Crippen molar-refractivity contribution in [1.82, 2.24) is 24.8 Å². The SMILES string of the molecule is CCNC(=O)Nc1ncnc2c1ncn2[C@@H]1O[C@H](COCC(=O)[O-])[C@H]2O[C@H](/C=C/c3ccccc3)O[C@H]21. The number of hydrogen-bond acceptors (Lipinski definition) is 10. The van der Waals surface area contributed by atoms with Crippen molar-refractivity contribution >= 4 is 35.1 Å². The molecular formula is C24H25N6O7-. The highest BCUT2D eigenvalue weighted by atomic mass is 16.8. The Morgan fingerprint density at radius 3 is 2.73 bits per heavy atom. The van der Waals surface area contributed by atoms with Gasteiger partial charge in [-0.15, -0.1) is 0 Å². The fourth-order valence-electron chi connectivity index (χ4n) is 4.26. The van der Waals surface area contributed by atoms with Crippen molar-refractivity contribution in [2.75, 3.05) is 25.1 Å². The molecule has 1 aromatic carbocycles. The van der Waals surface area contributed by atoms with E-state index in [-0.39, 0.29) is 12.4 Å². The van der Waals surface area contributed by atoms with Crippen LogP contribution < -0.4 is 15.7 Å². The van der Waals surface area contributed by atoms with Gasteiger partial charge in [-0.05, 0) is 18.6 Å². The molecule has 5 atom stereocenters. The number of imidazole rings is 1. The number of fused-ring (bicyclic) bond motifs is 2. The first kappa shape index (κ1) is 24.8. The van der Waals surface area contributed by atoms with Crippen LogP contribution >= 0.6 is 0 Å². The van der Waals surface area contributed by atoms with Crippen LogP contribution in [0.3, 0.4) is 0 Å². The molecule has 2 fully saturated rings. The van der Waals surface area contributed by atoms with E-state index in [1.54, 1.807) is 17.6 Å². The molecule has 0 saturated carbocycles. The summed E-state index contributed by atoms with van der Waals surface area (Å²) in [5, 5.41) is 16.1. The standard InChI is InChI=1S/C24H26N6O7/c1-2-25-24(33)29-21-18-22(27-12-26-21)30(13-28-18)23-20-19(15(35-23)10-34-11-16(31)32)36-17(37-20)9-8-14-6-4-3-5-7-14/h3-9,12-13,15,17,19-20,23H,2,10-11H2,1H3,(H,31,32)(H2,25,26,27,29,33)/p-1/b9-8+/t15-,17+,19-,20-,23-/m1/s1. The van der Waals surface area contributed by atoms with E-state index in [1.165, 1.54) is 12.7 Å². The van der Waals surface area contributed by atoms with E-state index in [4.69, 9.17) is 18.9 Å². The summed E-state index contributed by atoms with van der Waals surface area (Å²) in [6, 6.07) is 9.29. The van der Waals surface area contributed by atoms with Crippen molar-refractivity contribution in [3.8, 4) is 0 Å². The largest absolute Gasteiger partial charge is 0.548 e. The number of nitrogens with zero attached hydrogens (tertiary/aromatic N) is 4. The number of urea groups is 1. The smallest absolute Gasteiger partial charge is 0.320 e. The molecule has 0 spiro atoms. The number of carbonyl (C=O) groups is 2. The second-order valence-corrected chi connectivity index (χ2v) is 8.32. The zero-order chi connectivity index (χ0) is 25.8. The van der Waals surface area contributed by atoms with Gasteiger partial charge in [-0.1, -0.05) is 36.4 Å². The van der Waals surface area contributed by atoms with Crippen molar-refractivity contribution in [3.63, 3.8) is 0 Å². The lowest BCUT2D eigenvalue weighted by atomic mass is 10.1. The maximum absolute atomic E-state index is 12.0. The van der Waals surface area contributed by atoms with Crippen molar-refractivity contribution in [3.05, 3.63) is 54.6 Å². The molecule has 0 unspecified atom stereocenters. The van der Waals surface area contributed by atoms with Gasteiger partial charge in [0.25, 0.3) is 0 Å². The van der Waals surface area contributed by atoms with Gasteiger partial charge < -0.3 is 34.2 Å². The minimum atomic E-state index is -1.33. The number of carboxylic acids is 1. The molecule has 2 aliphatic rings. The molecule has 2 N–H and O–H groups in total.